The summed E-state index contributed by atoms with van der Waals surface area (Å²) >= 11 is 1.34. The van der Waals surface area contributed by atoms with Crippen molar-refractivity contribution in [1.29, 1.82) is 0 Å². The monoisotopic (exact) mass is 350 g/mol. The Morgan fingerprint density at radius 3 is 2.75 bits per heavy atom. The van der Waals surface area contributed by atoms with Crippen molar-refractivity contribution in [3.63, 3.8) is 0 Å². The van der Waals surface area contributed by atoms with Crippen LogP contribution in [0.15, 0.2) is 28.0 Å². The fraction of sp³-hybridized carbons (Fsp3) is 0.312. The molecule has 7 nitrogen and oxygen atoms in total. The summed E-state index contributed by atoms with van der Waals surface area (Å²) in [5.74, 6) is 0.000581. The standard InChI is InChI=1S/C16H18N2O5S/c1-10-12(16(21)22-2)8-11(23-10)9-18-14(19)5-6-17-15(20)13-4-3-7-24-13/h3-4,7-8H,5-6,9H2,1-2H3,(H,17,20)(H,18,19). The molecule has 2 heterocycles. The van der Waals surface area contributed by atoms with Crippen molar-refractivity contribution in [2.75, 3.05) is 13.7 Å². The largest absolute Gasteiger partial charge is 0.465 e. The van der Waals surface area contributed by atoms with Crippen molar-refractivity contribution >= 4 is 29.1 Å². The molecule has 0 unspecified atom stereocenters. The van der Waals surface area contributed by atoms with E-state index in [0.717, 1.165) is 0 Å². The van der Waals surface area contributed by atoms with Crippen LogP contribution < -0.4 is 10.6 Å². The molecule has 0 spiro atoms. The zero-order valence-electron chi connectivity index (χ0n) is 13.4. The molecule has 24 heavy (non-hydrogen) atoms. The molecule has 0 aliphatic carbocycles. The van der Waals surface area contributed by atoms with Gasteiger partial charge in [0.25, 0.3) is 5.91 Å². The Bertz CT molecular complexity index is 721. The first kappa shape index (κ1) is 17.7. The highest BCUT2D eigenvalue weighted by atomic mass is 32.1. The summed E-state index contributed by atoms with van der Waals surface area (Å²) in [6, 6.07) is 5.05. The first-order valence-corrected chi connectivity index (χ1v) is 8.15. The molecule has 8 heteroatoms. The van der Waals surface area contributed by atoms with E-state index in [1.165, 1.54) is 18.4 Å². The number of carbonyl (C=O) groups is 3. The van der Waals surface area contributed by atoms with E-state index >= 15 is 0 Å². The van der Waals surface area contributed by atoms with Crippen LogP contribution in [-0.4, -0.2) is 31.4 Å². The SMILES string of the molecule is COC(=O)c1cc(CNC(=O)CCNC(=O)c2cccs2)oc1C. The molecule has 0 aliphatic rings. The number of amides is 2. The summed E-state index contributed by atoms with van der Waals surface area (Å²) in [5.41, 5.74) is 0.338. The Morgan fingerprint density at radius 2 is 2.08 bits per heavy atom. The van der Waals surface area contributed by atoms with Crippen LogP contribution in [-0.2, 0) is 16.1 Å². The number of furan rings is 1. The molecule has 0 saturated heterocycles. The molecule has 0 bridgehead atoms. The first-order valence-electron chi connectivity index (χ1n) is 7.27. The Hall–Kier alpha value is -2.61. The second-order valence-electron chi connectivity index (χ2n) is 4.93. The van der Waals surface area contributed by atoms with Crippen LogP contribution in [0, 0.1) is 6.92 Å². The highest BCUT2D eigenvalue weighted by Crippen LogP contribution is 2.15. The summed E-state index contributed by atoms with van der Waals surface area (Å²) in [5, 5.41) is 7.16. The van der Waals surface area contributed by atoms with Crippen LogP contribution >= 0.6 is 11.3 Å². The Balaban J connectivity index is 1.73. The number of ether oxygens (including phenoxy) is 1. The third kappa shape index (κ3) is 4.69. The van der Waals surface area contributed by atoms with Crippen molar-refractivity contribution in [1.82, 2.24) is 10.6 Å². The number of hydrogen-bond donors (Lipinski definition) is 2. The molecule has 0 radical (unpaired) electrons. The van der Waals surface area contributed by atoms with Crippen molar-refractivity contribution in [2.24, 2.45) is 0 Å². The van der Waals surface area contributed by atoms with Gasteiger partial charge in [-0.3, -0.25) is 9.59 Å². The molecule has 0 atom stereocenters. The average Bonchev–Trinajstić information content (AvgIpc) is 3.22. The number of thiophene rings is 1. The lowest BCUT2D eigenvalue weighted by Crippen LogP contribution is -2.30. The molecule has 0 fully saturated rings. The predicted molar refractivity (Wildman–Crippen MR) is 87.9 cm³/mol. The van der Waals surface area contributed by atoms with Gasteiger partial charge >= 0.3 is 5.97 Å². The maximum Gasteiger partial charge on any atom is 0.341 e. The highest BCUT2D eigenvalue weighted by Gasteiger charge is 2.15. The normalized spacial score (nSPS) is 10.2. The molecule has 2 amide bonds. The third-order valence-corrected chi connectivity index (χ3v) is 4.09. The van der Waals surface area contributed by atoms with Crippen LogP contribution in [0.2, 0.25) is 0 Å². The van der Waals surface area contributed by atoms with Gasteiger partial charge in [0, 0.05) is 13.0 Å². The third-order valence-electron chi connectivity index (χ3n) is 3.22. The quantitative estimate of drug-likeness (QED) is 0.743. The smallest absolute Gasteiger partial charge is 0.341 e. The van der Waals surface area contributed by atoms with Crippen LogP contribution in [0.4, 0.5) is 0 Å². The minimum Gasteiger partial charge on any atom is -0.465 e. The molecule has 0 saturated carbocycles. The van der Waals surface area contributed by atoms with Gasteiger partial charge in [-0.05, 0) is 24.4 Å². The summed E-state index contributed by atoms with van der Waals surface area (Å²) in [4.78, 5) is 35.6. The van der Waals surface area contributed by atoms with Crippen LogP contribution in [0.5, 0.6) is 0 Å². The molecular weight excluding hydrogens is 332 g/mol. The zero-order valence-corrected chi connectivity index (χ0v) is 14.2. The second kappa shape index (κ2) is 8.30. The second-order valence-corrected chi connectivity index (χ2v) is 5.88. The molecule has 0 aromatic carbocycles. The minimum atomic E-state index is -0.481. The predicted octanol–water partition coefficient (Wildman–Crippen LogP) is 1.87. The van der Waals surface area contributed by atoms with Gasteiger partial charge < -0.3 is 19.8 Å². The van der Waals surface area contributed by atoms with Crippen molar-refractivity contribution in [3.8, 4) is 0 Å². The van der Waals surface area contributed by atoms with E-state index in [1.54, 1.807) is 25.1 Å². The first-order chi connectivity index (χ1) is 11.5. The van der Waals surface area contributed by atoms with Crippen molar-refractivity contribution in [3.05, 3.63) is 45.5 Å². The number of hydrogen-bond acceptors (Lipinski definition) is 6. The number of carbonyl (C=O) groups excluding carboxylic acids is 3. The van der Waals surface area contributed by atoms with Gasteiger partial charge in [0.2, 0.25) is 5.91 Å². The summed E-state index contributed by atoms with van der Waals surface area (Å²) < 4.78 is 10.0. The molecule has 2 aromatic heterocycles. The Kier molecular flexibility index (Phi) is 6.14. The summed E-state index contributed by atoms with van der Waals surface area (Å²) in [6.07, 6.45) is 0.153. The molecule has 2 rings (SSSR count). The van der Waals surface area contributed by atoms with E-state index in [2.05, 4.69) is 15.4 Å². The lowest BCUT2D eigenvalue weighted by Gasteiger charge is -2.04. The zero-order chi connectivity index (χ0) is 17.5. The average molecular weight is 350 g/mol. The maximum atomic E-state index is 11.8. The van der Waals surface area contributed by atoms with E-state index in [4.69, 9.17) is 4.42 Å². The van der Waals surface area contributed by atoms with Crippen LogP contribution in [0.1, 0.15) is 38.0 Å². The lowest BCUT2D eigenvalue weighted by atomic mass is 10.2. The van der Waals surface area contributed by atoms with E-state index in [9.17, 15) is 14.4 Å². The fourth-order valence-electron chi connectivity index (χ4n) is 2.00. The van der Waals surface area contributed by atoms with E-state index in [0.29, 0.717) is 22.0 Å². The van der Waals surface area contributed by atoms with Gasteiger partial charge in [0.1, 0.15) is 17.1 Å². The Morgan fingerprint density at radius 1 is 1.29 bits per heavy atom. The number of nitrogens with one attached hydrogen (secondary N) is 2. The molecular formula is C16H18N2O5S. The number of methoxy groups -OCH3 is 1. The van der Waals surface area contributed by atoms with Crippen LogP contribution in [0.25, 0.3) is 0 Å². The van der Waals surface area contributed by atoms with Gasteiger partial charge in [-0.1, -0.05) is 6.07 Å². The number of esters is 1. The summed E-state index contributed by atoms with van der Waals surface area (Å²) in [7, 11) is 1.29. The number of aryl methyl sites for hydroxylation is 1. The van der Waals surface area contributed by atoms with Crippen LogP contribution in [0.3, 0.4) is 0 Å². The summed E-state index contributed by atoms with van der Waals surface area (Å²) in [6.45, 7) is 2.06. The van der Waals surface area contributed by atoms with Gasteiger partial charge in [-0.2, -0.15) is 0 Å². The van der Waals surface area contributed by atoms with Crippen molar-refractivity contribution in [2.45, 2.75) is 19.9 Å². The maximum absolute atomic E-state index is 11.8. The van der Waals surface area contributed by atoms with E-state index in [1.807, 2.05) is 5.38 Å². The molecule has 0 aliphatic heterocycles. The van der Waals surface area contributed by atoms with Gasteiger partial charge in [0.05, 0.1) is 18.5 Å². The van der Waals surface area contributed by atoms with Gasteiger partial charge in [-0.25, -0.2) is 4.79 Å². The molecule has 2 N–H and O–H groups in total. The van der Waals surface area contributed by atoms with Gasteiger partial charge in [0.15, 0.2) is 0 Å². The Labute approximate surface area is 143 Å². The molecule has 128 valence electrons. The van der Waals surface area contributed by atoms with E-state index < -0.39 is 5.97 Å². The molecule has 2 aromatic rings. The number of rotatable bonds is 7. The van der Waals surface area contributed by atoms with Gasteiger partial charge in [-0.15, -0.1) is 11.3 Å². The lowest BCUT2D eigenvalue weighted by molar-refractivity contribution is -0.121. The minimum absolute atomic E-state index is 0.153. The highest BCUT2D eigenvalue weighted by molar-refractivity contribution is 7.12. The van der Waals surface area contributed by atoms with Crippen molar-refractivity contribution < 1.29 is 23.5 Å². The fourth-order valence-corrected chi connectivity index (χ4v) is 2.64. The topological polar surface area (TPSA) is 97.6 Å². The van der Waals surface area contributed by atoms with E-state index in [-0.39, 0.29) is 31.3 Å².